The number of hydroxylamine groups is 3. The maximum Gasteiger partial charge on any atom is 0.102 e. The quantitative estimate of drug-likeness (QED) is 0.235. The van der Waals surface area contributed by atoms with Crippen molar-refractivity contribution in [3.05, 3.63) is 41.1 Å². The normalized spacial score (nSPS) is 19.0. The second-order valence-corrected chi connectivity index (χ2v) is 7.09. The Morgan fingerprint density at radius 3 is 2.43 bits per heavy atom. The summed E-state index contributed by atoms with van der Waals surface area (Å²) < 4.78 is -0.585. The number of hydrogen-bond donors (Lipinski definition) is 5. The number of aliphatic imine (C=N–C) groups is 1. The molecule has 0 aliphatic heterocycles. The van der Waals surface area contributed by atoms with Crippen molar-refractivity contribution in [1.29, 1.82) is 5.41 Å². The number of aliphatic hydroxyl groups excluding tert-OH is 3. The van der Waals surface area contributed by atoms with Crippen LogP contribution in [-0.4, -0.2) is 76.9 Å². The van der Waals surface area contributed by atoms with Crippen molar-refractivity contribution in [1.82, 2.24) is 0 Å². The van der Waals surface area contributed by atoms with Crippen LogP contribution in [0, 0.1) is 10.6 Å². The lowest BCUT2D eigenvalue weighted by molar-refractivity contribution is -0.881. The maximum absolute atomic E-state index is 12.4. The fraction of sp³-hybridized carbons (Fsp3) is 0.500. The van der Waals surface area contributed by atoms with E-state index in [1.54, 1.807) is 6.08 Å². The van der Waals surface area contributed by atoms with Crippen LogP contribution in [0.3, 0.4) is 0 Å². The van der Waals surface area contributed by atoms with Gasteiger partial charge in [-0.1, -0.05) is 0 Å². The molecule has 1 aliphatic rings. The number of rotatable bonds is 10. The van der Waals surface area contributed by atoms with Gasteiger partial charge in [-0.2, -0.15) is 0 Å². The Labute approximate surface area is 165 Å². The highest BCUT2D eigenvalue weighted by Crippen LogP contribution is 2.20. The van der Waals surface area contributed by atoms with Crippen LogP contribution in [0.2, 0.25) is 0 Å². The molecule has 0 saturated heterocycles. The number of aliphatic hydroxyl groups is 3. The Hall–Kier alpha value is -2.10. The highest BCUT2D eigenvalue weighted by Gasteiger charge is 2.19. The third kappa shape index (κ3) is 6.50. The molecule has 5 N–H and O–H groups in total. The molecule has 28 heavy (non-hydrogen) atoms. The molecule has 154 valence electrons. The summed E-state index contributed by atoms with van der Waals surface area (Å²) in [6, 6.07) is 7.47. The fourth-order valence-electron chi connectivity index (χ4n) is 3.05. The van der Waals surface area contributed by atoms with Gasteiger partial charge in [0.05, 0.1) is 43.0 Å². The summed E-state index contributed by atoms with van der Waals surface area (Å²) in [7, 11) is 0. The van der Waals surface area contributed by atoms with Gasteiger partial charge in [0.1, 0.15) is 13.1 Å². The van der Waals surface area contributed by atoms with Gasteiger partial charge in [-0.05, 0) is 42.8 Å². The molecule has 0 radical (unpaired) electrons. The van der Waals surface area contributed by atoms with Crippen molar-refractivity contribution >= 4 is 22.8 Å². The van der Waals surface area contributed by atoms with Crippen LogP contribution in [-0.2, 0) is 0 Å². The Morgan fingerprint density at radius 2 is 1.82 bits per heavy atom. The predicted octanol–water partition coefficient (Wildman–Crippen LogP) is 1.59. The lowest BCUT2D eigenvalue weighted by Gasteiger charge is -2.42. The number of anilines is 1. The zero-order valence-corrected chi connectivity index (χ0v) is 16.3. The summed E-state index contributed by atoms with van der Waals surface area (Å²) in [5.41, 5.74) is 3.33. The van der Waals surface area contributed by atoms with Crippen molar-refractivity contribution in [2.75, 3.05) is 44.7 Å². The van der Waals surface area contributed by atoms with E-state index in [0.29, 0.717) is 30.9 Å². The Balaban J connectivity index is 1.88. The number of allylic oxidation sites excluding steroid dienone is 1. The van der Waals surface area contributed by atoms with Gasteiger partial charge in [0.25, 0.3) is 0 Å². The predicted molar refractivity (Wildman–Crippen MR) is 111 cm³/mol. The van der Waals surface area contributed by atoms with E-state index in [9.17, 15) is 10.3 Å². The van der Waals surface area contributed by atoms with Crippen LogP contribution in [0.1, 0.15) is 19.8 Å². The molecule has 0 saturated carbocycles. The molecule has 0 heterocycles. The van der Waals surface area contributed by atoms with E-state index in [0.717, 1.165) is 16.9 Å². The number of quaternary nitrogens is 1. The first kappa shape index (κ1) is 22.2. The second-order valence-electron chi connectivity index (χ2n) is 7.09. The van der Waals surface area contributed by atoms with E-state index in [1.807, 2.05) is 31.2 Å². The molecule has 1 atom stereocenters. The maximum atomic E-state index is 12.4. The third-order valence-electron chi connectivity index (χ3n) is 4.80. The minimum atomic E-state index is -0.598. The van der Waals surface area contributed by atoms with Crippen LogP contribution in [0.4, 0.5) is 11.4 Å². The van der Waals surface area contributed by atoms with Gasteiger partial charge in [0, 0.05) is 25.1 Å². The van der Waals surface area contributed by atoms with Crippen LogP contribution >= 0.6 is 0 Å². The van der Waals surface area contributed by atoms with Crippen LogP contribution in [0.15, 0.2) is 40.9 Å². The third-order valence-corrected chi connectivity index (χ3v) is 4.80. The lowest BCUT2D eigenvalue weighted by Crippen LogP contribution is -2.47. The van der Waals surface area contributed by atoms with Gasteiger partial charge in [-0.3, -0.25) is 0 Å². The molecule has 0 fully saturated rings. The first-order chi connectivity index (χ1) is 13.4. The van der Waals surface area contributed by atoms with Gasteiger partial charge in [0.15, 0.2) is 0 Å². The summed E-state index contributed by atoms with van der Waals surface area (Å²) >= 11 is 0. The first-order valence-electron chi connectivity index (χ1n) is 9.52. The molecule has 1 aromatic rings. The van der Waals surface area contributed by atoms with Crippen molar-refractivity contribution in [3.8, 4) is 0 Å². The number of benzene rings is 1. The fourth-order valence-corrected chi connectivity index (χ4v) is 3.05. The number of nitrogens with one attached hydrogen (secondary N) is 2. The summed E-state index contributed by atoms with van der Waals surface area (Å²) in [5.74, 6) is 0. The van der Waals surface area contributed by atoms with Crippen LogP contribution < -0.4 is 5.32 Å². The molecule has 0 aromatic heterocycles. The molecular weight excluding hydrogens is 360 g/mol. The Bertz CT molecular complexity index is 709. The molecule has 1 unspecified atom stereocenters. The molecule has 2 rings (SSSR count). The lowest BCUT2D eigenvalue weighted by atomic mass is 9.94. The summed E-state index contributed by atoms with van der Waals surface area (Å²) in [6.07, 6.45) is 2.05. The molecule has 0 amide bonds. The van der Waals surface area contributed by atoms with E-state index in [2.05, 4.69) is 10.3 Å². The molecule has 8 heteroatoms. The largest absolute Gasteiger partial charge is 0.633 e. The minimum Gasteiger partial charge on any atom is -0.633 e. The van der Waals surface area contributed by atoms with E-state index in [1.165, 1.54) is 0 Å². The summed E-state index contributed by atoms with van der Waals surface area (Å²) in [4.78, 5) is 4.48. The Morgan fingerprint density at radius 1 is 1.18 bits per heavy atom. The summed E-state index contributed by atoms with van der Waals surface area (Å²) in [6.45, 7) is 2.58. The highest BCUT2D eigenvalue weighted by molar-refractivity contribution is 6.46. The van der Waals surface area contributed by atoms with E-state index >= 15 is 0 Å². The molecule has 1 aliphatic carbocycles. The first-order valence-corrected chi connectivity index (χ1v) is 9.52. The topological polar surface area (TPSA) is 132 Å². The van der Waals surface area contributed by atoms with Crippen molar-refractivity contribution < 1.29 is 20.0 Å². The molecular formula is C20H30N4O4. The van der Waals surface area contributed by atoms with Gasteiger partial charge >= 0.3 is 0 Å². The van der Waals surface area contributed by atoms with Gasteiger partial charge in [-0.25, -0.2) is 4.99 Å². The smallest absolute Gasteiger partial charge is 0.102 e. The summed E-state index contributed by atoms with van der Waals surface area (Å²) in [5, 5.41) is 51.3. The van der Waals surface area contributed by atoms with Crippen LogP contribution in [0.5, 0.6) is 0 Å². The van der Waals surface area contributed by atoms with E-state index in [4.69, 9.17) is 15.6 Å². The monoisotopic (exact) mass is 390 g/mol. The van der Waals surface area contributed by atoms with Crippen molar-refractivity contribution in [2.24, 2.45) is 4.99 Å². The average molecular weight is 390 g/mol. The standard InChI is InChI=1S/C20H30N4O4/c1-15-13-19(18(21)14-20(15)27)23-17-5-3-16(4-6-17)22-7-2-8-24(28,9-11-25)10-12-26/h3-6,13,20-22,25-27H,2,7-12,14H2,1H3. The SMILES string of the molecule is CC1=CC(=Nc2ccc(NCCC[N+]([O-])(CCO)CCO)cc2)C(=N)CC1O. The van der Waals surface area contributed by atoms with E-state index < -0.39 is 10.8 Å². The van der Waals surface area contributed by atoms with Gasteiger partial charge in [-0.15, -0.1) is 0 Å². The highest BCUT2D eigenvalue weighted by atomic mass is 16.5. The second kappa shape index (κ2) is 10.4. The van der Waals surface area contributed by atoms with E-state index in [-0.39, 0.29) is 32.7 Å². The van der Waals surface area contributed by atoms with Crippen molar-refractivity contribution in [3.63, 3.8) is 0 Å². The average Bonchev–Trinajstić information content (AvgIpc) is 2.65. The number of hydrogen-bond acceptors (Lipinski definition) is 7. The van der Waals surface area contributed by atoms with Crippen LogP contribution in [0.25, 0.3) is 0 Å². The zero-order chi connectivity index (χ0) is 20.6. The van der Waals surface area contributed by atoms with Gasteiger partial charge < -0.3 is 35.9 Å². The van der Waals surface area contributed by atoms with Crippen molar-refractivity contribution in [2.45, 2.75) is 25.9 Å². The molecule has 1 aromatic carbocycles. The molecule has 0 bridgehead atoms. The molecule has 8 nitrogen and oxygen atoms in total. The van der Waals surface area contributed by atoms with Gasteiger partial charge in [0.2, 0.25) is 0 Å². The number of nitrogens with zero attached hydrogens (tertiary/aromatic N) is 2. The Kier molecular flexibility index (Phi) is 8.28. The minimum absolute atomic E-state index is 0.0928. The zero-order valence-electron chi connectivity index (χ0n) is 16.3. The molecule has 0 spiro atoms.